The first-order chi connectivity index (χ1) is 5.71. The molecule has 4 heteroatoms. The number of rotatable bonds is 3. The lowest BCUT2D eigenvalue weighted by atomic mass is 9.94. The fraction of sp³-hybridized carbons (Fsp3) is 0.875. The van der Waals surface area contributed by atoms with Crippen LogP contribution in [-0.2, 0) is 9.53 Å². The molecule has 70 valence electrons. The van der Waals surface area contributed by atoms with Gasteiger partial charge in [0, 0.05) is 6.54 Å². The highest BCUT2D eigenvalue weighted by atomic mass is 16.5. The average Bonchev–Trinajstić information content (AvgIpc) is 2.06. The monoisotopic (exact) mass is 173 g/mol. The summed E-state index contributed by atoms with van der Waals surface area (Å²) < 4.78 is 5.16. The van der Waals surface area contributed by atoms with Gasteiger partial charge < -0.3 is 9.84 Å². The van der Waals surface area contributed by atoms with E-state index < -0.39 is 11.5 Å². The summed E-state index contributed by atoms with van der Waals surface area (Å²) >= 11 is 0. The Balaban J connectivity index is 2.63. The Morgan fingerprint density at radius 2 is 2.50 bits per heavy atom. The molecule has 0 aromatic heterocycles. The van der Waals surface area contributed by atoms with Crippen molar-refractivity contribution in [2.24, 2.45) is 0 Å². The Morgan fingerprint density at radius 3 is 2.92 bits per heavy atom. The molecule has 0 aromatic rings. The Labute approximate surface area is 71.9 Å². The van der Waals surface area contributed by atoms with Crippen molar-refractivity contribution in [3.05, 3.63) is 0 Å². The van der Waals surface area contributed by atoms with Crippen molar-refractivity contribution < 1.29 is 14.6 Å². The van der Waals surface area contributed by atoms with Crippen molar-refractivity contribution in [2.75, 3.05) is 19.8 Å². The van der Waals surface area contributed by atoms with Crippen LogP contribution in [-0.4, -0.2) is 36.4 Å². The summed E-state index contributed by atoms with van der Waals surface area (Å²) in [7, 11) is 0. The van der Waals surface area contributed by atoms with Crippen LogP contribution in [0.5, 0.6) is 0 Å². The smallest absolute Gasteiger partial charge is 0.326 e. The molecule has 0 bridgehead atoms. The molecule has 1 heterocycles. The molecule has 0 spiro atoms. The van der Waals surface area contributed by atoms with Crippen molar-refractivity contribution >= 4 is 5.97 Å². The van der Waals surface area contributed by atoms with E-state index in [-0.39, 0.29) is 6.61 Å². The van der Waals surface area contributed by atoms with E-state index in [1.54, 1.807) is 0 Å². The van der Waals surface area contributed by atoms with Gasteiger partial charge in [0.25, 0.3) is 0 Å². The zero-order valence-corrected chi connectivity index (χ0v) is 7.30. The van der Waals surface area contributed by atoms with Gasteiger partial charge in [0.05, 0.1) is 13.2 Å². The van der Waals surface area contributed by atoms with Crippen LogP contribution < -0.4 is 5.32 Å². The van der Waals surface area contributed by atoms with Crippen LogP contribution in [0.1, 0.15) is 19.8 Å². The van der Waals surface area contributed by atoms with Gasteiger partial charge in [-0.3, -0.25) is 10.1 Å². The van der Waals surface area contributed by atoms with E-state index in [0.29, 0.717) is 19.6 Å². The van der Waals surface area contributed by atoms with Gasteiger partial charge >= 0.3 is 5.97 Å². The van der Waals surface area contributed by atoms with E-state index in [2.05, 4.69) is 5.32 Å². The highest BCUT2D eigenvalue weighted by molar-refractivity contribution is 5.79. The lowest BCUT2D eigenvalue weighted by Gasteiger charge is -2.33. The number of ether oxygens (including phenoxy) is 1. The molecule has 1 atom stereocenters. The van der Waals surface area contributed by atoms with Crippen molar-refractivity contribution in [2.45, 2.75) is 25.3 Å². The number of hydrogen-bond donors (Lipinski definition) is 2. The van der Waals surface area contributed by atoms with E-state index in [1.165, 1.54) is 0 Å². The molecule has 1 aliphatic rings. The first-order valence-electron chi connectivity index (χ1n) is 4.27. The minimum absolute atomic E-state index is 0.288. The van der Waals surface area contributed by atoms with Gasteiger partial charge in [0.1, 0.15) is 5.54 Å². The molecule has 0 aromatic carbocycles. The van der Waals surface area contributed by atoms with Crippen LogP contribution in [0.15, 0.2) is 0 Å². The van der Waals surface area contributed by atoms with Gasteiger partial charge in [-0.05, 0) is 6.42 Å². The third kappa shape index (κ3) is 1.76. The summed E-state index contributed by atoms with van der Waals surface area (Å²) in [5.74, 6) is -0.802. The number of morpholine rings is 1. The van der Waals surface area contributed by atoms with Crippen LogP contribution in [0.2, 0.25) is 0 Å². The molecule has 0 saturated carbocycles. The fourth-order valence-corrected chi connectivity index (χ4v) is 1.49. The predicted octanol–water partition coefficient (Wildman–Crippen LogP) is 0.230. The maximum Gasteiger partial charge on any atom is 0.326 e. The molecule has 1 saturated heterocycles. The van der Waals surface area contributed by atoms with Gasteiger partial charge in [-0.15, -0.1) is 0 Å². The summed E-state index contributed by atoms with van der Waals surface area (Å²) in [5, 5.41) is 12.0. The molecule has 1 fully saturated rings. The first-order valence-corrected chi connectivity index (χ1v) is 4.27. The molecule has 1 rings (SSSR count). The lowest BCUT2D eigenvalue weighted by Crippen LogP contribution is -2.59. The number of carboxylic acid groups (broad SMARTS) is 1. The zero-order valence-electron chi connectivity index (χ0n) is 7.30. The summed E-state index contributed by atoms with van der Waals surface area (Å²) in [4.78, 5) is 10.9. The standard InChI is InChI=1S/C8H15NO3/c1-2-3-8(7(10)11)6-12-5-4-9-8/h9H,2-6H2,1H3,(H,10,11). The fourth-order valence-electron chi connectivity index (χ4n) is 1.49. The van der Waals surface area contributed by atoms with Crippen molar-refractivity contribution in [3.63, 3.8) is 0 Å². The summed E-state index contributed by atoms with van der Waals surface area (Å²) in [6.07, 6.45) is 1.48. The second-order valence-electron chi connectivity index (χ2n) is 3.12. The second-order valence-corrected chi connectivity index (χ2v) is 3.12. The highest BCUT2D eigenvalue weighted by Gasteiger charge is 2.39. The largest absolute Gasteiger partial charge is 0.480 e. The number of aliphatic carboxylic acids is 1. The Bertz CT molecular complexity index is 158. The third-order valence-electron chi connectivity index (χ3n) is 2.14. The van der Waals surface area contributed by atoms with Crippen LogP contribution >= 0.6 is 0 Å². The van der Waals surface area contributed by atoms with Gasteiger partial charge in [0.2, 0.25) is 0 Å². The maximum atomic E-state index is 10.9. The zero-order chi connectivity index (χ0) is 9.03. The minimum Gasteiger partial charge on any atom is -0.480 e. The summed E-state index contributed by atoms with van der Waals surface area (Å²) in [6, 6.07) is 0. The molecule has 12 heavy (non-hydrogen) atoms. The molecular formula is C8H15NO3. The molecular weight excluding hydrogens is 158 g/mol. The number of carbonyl (C=O) groups is 1. The van der Waals surface area contributed by atoms with E-state index in [1.807, 2.05) is 6.92 Å². The number of carboxylic acids is 1. The van der Waals surface area contributed by atoms with Crippen LogP contribution in [0.4, 0.5) is 0 Å². The maximum absolute atomic E-state index is 10.9. The molecule has 2 N–H and O–H groups in total. The normalized spacial score (nSPS) is 30.1. The number of nitrogens with one attached hydrogen (secondary N) is 1. The second kappa shape index (κ2) is 3.87. The van der Waals surface area contributed by atoms with E-state index in [9.17, 15) is 4.79 Å². The molecule has 1 aliphatic heterocycles. The van der Waals surface area contributed by atoms with E-state index >= 15 is 0 Å². The SMILES string of the molecule is CCCC1(C(=O)O)COCCN1. The first kappa shape index (κ1) is 9.48. The molecule has 0 radical (unpaired) electrons. The van der Waals surface area contributed by atoms with E-state index in [0.717, 1.165) is 6.42 Å². The van der Waals surface area contributed by atoms with Crippen LogP contribution in [0.3, 0.4) is 0 Å². The quantitative estimate of drug-likeness (QED) is 0.641. The number of hydrogen-bond acceptors (Lipinski definition) is 3. The van der Waals surface area contributed by atoms with Crippen molar-refractivity contribution in [3.8, 4) is 0 Å². The third-order valence-corrected chi connectivity index (χ3v) is 2.14. The van der Waals surface area contributed by atoms with Gasteiger partial charge in [-0.1, -0.05) is 13.3 Å². The highest BCUT2D eigenvalue weighted by Crippen LogP contribution is 2.16. The van der Waals surface area contributed by atoms with Gasteiger partial charge in [-0.2, -0.15) is 0 Å². The van der Waals surface area contributed by atoms with Crippen molar-refractivity contribution in [1.29, 1.82) is 0 Å². The molecule has 0 aliphatic carbocycles. The van der Waals surface area contributed by atoms with E-state index in [4.69, 9.17) is 9.84 Å². The predicted molar refractivity (Wildman–Crippen MR) is 44.1 cm³/mol. The van der Waals surface area contributed by atoms with Gasteiger partial charge in [-0.25, -0.2) is 0 Å². The van der Waals surface area contributed by atoms with Crippen molar-refractivity contribution in [1.82, 2.24) is 5.32 Å². The summed E-state index contributed by atoms with van der Waals surface area (Å²) in [6.45, 7) is 3.50. The lowest BCUT2D eigenvalue weighted by molar-refractivity contribution is -0.150. The minimum atomic E-state index is -0.826. The molecule has 4 nitrogen and oxygen atoms in total. The molecule has 1 unspecified atom stereocenters. The Hall–Kier alpha value is -0.610. The Morgan fingerprint density at radius 1 is 1.75 bits per heavy atom. The molecule has 0 amide bonds. The Kier molecular flexibility index (Phi) is 3.05. The summed E-state index contributed by atoms with van der Waals surface area (Å²) in [5.41, 5.74) is -0.826. The van der Waals surface area contributed by atoms with Gasteiger partial charge in [0.15, 0.2) is 0 Å². The van der Waals surface area contributed by atoms with Crippen LogP contribution in [0.25, 0.3) is 0 Å². The average molecular weight is 173 g/mol. The van der Waals surface area contributed by atoms with Crippen LogP contribution in [0, 0.1) is 0 Å². The topological polar surface area (TPSA) is 58.6 Å².